The predicted octanol–water partition coefficient (Wildman–Crippen LogP) is 1.47. The highest BCUT2D eigenvalue weighted by atomic mass is 32.2. The van der Waals surface area contributed by atoms with E-state index in [4.69, 9.17) is 0 Å². The van der Waals surface area contributed by atoms with Gasteiger partial charge < -0.3 is 4.57 Å². The summed E-state index contributed by atoms with van der Waals surface area (Å²) in [7, 11) is -3.01. The van der Waals surface area contributed by atoms with Crippen LogP contribution < -0.4 is 4.87 Å². The van der Waals surface area contributed by atoms with Gasteiger partial charge in [0.05, 0.1) is 5.75 Å². The molecule has 0 saturated heterocycles. The lowest BCUT2D eigenvalue weighted by atomic mass is 9.89. The van der Waals surface area contributed by atoms with Crippen molar-refractivity contribution in [3.8, 4) is 0 Å². The van der Waals surface area contributed by atoms with Crippen molar-refractivity contribution in [2.24, 2.45) is 5.92 Å². The molecule has 1 aliphatic carbocycles. The van der Waals surface area contributed by atoms with E-state index in [0.717, 1.165) is 31.4 Å². The Labute approximate surface area is 112 Å². The van der Waals surface area contributed by atoms with E-state index in [1.807, 2.05) is 0 Å². The molecular formula is C12H19NO3S2. The molecule has 102 valence electrons. The number of rotatable bonds is 4. The Balaban J connectivity index is 2.23. The van der Waals surface area contributed by atoms with E-state index in [9.17, 15) is 13.2 Å². The Bertz CT molecular complexity index is 583. The van der Waals surface area contributed by atoms with Crippen LogP contribution in [0.2, 0.25) is 0 Å². The first-order valence-electron chi connectivity index (χ1n) is 6.30. The van der Waals surface area contributed by atoms with Crippen molar-refractivity contribution < 1.29 is 8.42 Å². The molecule has 0 spiro atoms. The van der Waals surface area contributed by atoms with Crippen molar-refractivity contribution >= 4 is 21.2 Å². The van der Waals surface area contributed by atoms with Gasteiger partial charge in [-0.05, 0) is 25.2 Å². The van der Waals surface area contributed by atoms with Crippen LogP contribution in [-0.2, 0) is 29.2 Å². The summed E-state index contributed by atoms with van der Waals surface area (Å²) in [4.78, 5) is 13.1. The lowest BCUT2D eigenvalue weighted by Gasteiger charge is -2.21. The zero-order valence-corrected chi connectivity index (χ0v) is 12.4. The molecule has 1 aliphatic rings. The van der Waals surface area contributed by atoms with E-state index < -0.39 is 9.84 Å². The van der Waals surface area contributed by atoms with Gasteiger partial charge in [0.15, 0.2) is 0 Å². The van der Waals surface area contributed by atoms with Gasteiger partial charge in [-0.2, -0.15) is 0 Å². The summed E-state index contributed by atoms with van der Waals surface area (Å²) in [6.45, 7) is 2.49. The minimum Gasteiger partial charge on any atom is -0.302 e. The number of nitrogens with zero attached hydrogens (tertiary/aromatic N) is 1. The molecule has 0 bridgehead atoms. The summed E-state index contributed by atoms with van der Waals surface area (Å²) in [5.74, 6) is 0.728. The molecule has 1 atom stereocenters. The minimum absolute atomic E-state index is 0.000373. The van der Waals surface area contributed by atoms with Gasteiger partial charge in [0.1, 0.15) is 9.84 Å². The minimum atomic E-state index is -3.01. The van der Waals surface area contributed by atoms with Crippen molar-refractivity contribution in [3.63, 3.8) is 0 Å². The van der Waals surface area contributed by atoms with Gasteiger partial charge in [0, 0.05) is 23.4 Å². The van der Waals surface area contributed by atoms with E-state index in [2.05, 4.69) is 6.92 Å². The van der Waals surface area contributed by atoms with Gasteiger partial charge in [-0.1, -0.05) is 24.7 Å². The fourth-order valence-electron chi connectivity index (χ4n) is 2.45. The highest BCUT2D eigenvalue weighted by molar-refractivity contribution is 7.90. The van der Waals surface area contributed by atoms with E-state index in [0.29, 0.717) is 12.5 Å². The Morgan fingerprint density at radius 1 is 1.44 bits per heavy atom. The first-order valence-corrected chi connectivity index (χ1v) is 9.17. The van der Waals surface area contributed by atoms with Gasteiger partial charge in [0.25, 0.3) is 0 Å². The van der Waals surface area contributed by atoms with Gasteiger partial charge in [-0.15, -0.1) is 0 Å². The molecule has 0 radical (unpaired) electrons. The topological polar surface area (TPSA) is 56.1 Å². The maximum Gasteiger partial charge on any atom is 0.307 e. The number of thiazole rings is 1. The highest BCUT2D eigenvalue weighted by Gasteiger charge is 2.23. The SMILES string of the molecule is CC[C@H]1CCc2c(sc(=O)n2CCS(C)(=O)=O)C1. The van der Waals surface area contributed by atoms with Crippen LogP contribution in [0.5, 0.6) is 0 Å². The Morgan fingerprint density at radius 3 is 2.78 bits per heavy atom. The van der Waals surface area contributed by atoms with Crippen LogP contribution in [0.25, 0.3) is 0 Å². The second-order valence-corrected chi connectivity index (χ2v) is 8.34. The Hall–Kier alpha value is -0.620. The molecule has 6 heteroatoms. The van der Waals surface area contributed by atoms with E-state index in [1.165, 1.54) is 22.5 Å². The number of fused-ring (bicyclic) bond motifs is 1. The second kappa shape index (κ2) is 5.17. The first kappa shape index (κ1) is 13.8. The summed E-state index contributed by atoms with van der Waals surface area (Å²) < 4.78 is 24.1. The number of sulfone groups is 1. The monoisotopic (exact) mass is 289 g/mol. The molecule has 0 unspecified atom stereocenters. The third kappa shape index (κ3) is 3.03. The van der Waals surface area contributed by atoms with Crippen molar-refractivity contribution in [2.45, 2.75) is 39.2 Å². The van der Waals surface area contributed by atoms with Crippen molar-refractivity contribution in [2.75, 3.05) is 12.0 Å². The molecule has 0 saturated carbocycles. The molecule has 4 nitrogen and oxygen atoms in total. The summed E-state index contributed by atoms with van der Waals surface area (Å²) >= 11 is 1.30. The average molecular weight is 289 g/mol. The summed E-state index contributed by atoms with van der Waals surface area (Å²) in [5, 5.41) is 0. The van der Waals surface area contributed by atoms with Crippen molar-refractivity contribution in [1.82, 2.24) is 4.57 Å². The average Bonchev–Trinajstić information content (AvgIpc) is 2.60. The maximum atomic E-state index is 11.9. The third-order valence-corrected chi connectivity index (χ3v) is 5.57. The summed E-state index contributed by atoms with van der Waals surface area (Å²) in [5.41, 5.74) is 1.08. The van der Waals surface area contributed by atoms with E-state index >= 15 is 0 Å². The molecule has 0 aliphatic heterocycles. The number of hydrogen-bond acceptors (Lipinski definition) is 4. The Kier molecular flexibility index (Phi) is 3.96. The lowest BCUT2D eigenvalue weighted by molar-refractivity contribution is 0.436. The largest absolute Gasteiger partial charge is 0.307 e. The third-order valence-electron chi connectivity index (χ3n) is 3.61. The highest BCUT2D eigenvalue weighted by Crippen LogP contribution is 2.29. The van der Waals surface area contributed by atoms with E-state index in [-0.39, 0.29) is 10.6 Å². The molecule has 2 rings (SSSR count). The van der Waals surface area contributed by atoms with Crippen LogP contribution >= 0.6 is 11.3 Å². The van der Waals surface area contributed by atoms with Gasteiger partial charge in [-0.25, -0.2) is 8.42 Å². The zero-order valence-electron chi connectivity index (χ0n) is 10.8. The standard InChI is InChI=1S/C12H19NO3S2/c1-3-9-4-5-10-11(8-9)17-12(14)13(10)6-7-18(2,15)16/h9H,3-8H2,1-2H3/t9-/m0/s1. The zero-order chi connectivity index (χ0) is 13.3. The molecule has 1 heterocycles. The fraction of sp³-hybridized carbons (Fsp3) is 0.750. The predicted molar refractivity (Wildman–Crippen MR) is 74.1 cm³/mol. The van der Waals surface area contributed by atoms with Crippen molar-refractivity contribution in [3.05, 3.63) is 20.2 Å². The van der Waals surface area contributed by atoms with E-state index in [1.54, 1.807) is 4.57 Å². The summed E-state index contributed by atoms with van der Waals surface area (Å²) in [6, 6.07) is 0. The van der Waals surface area contributed by atoms with Crippen LogP contribution in [0.4, 0.5) is 0 Å². The number of hydrogen-bond donors (Lipinski definition) is 0. The first-order chi connectivity index (χ1) is 8.40. The van der Waals surface area contributed by atoms with Crippen molar-refractivity contribution in [1.29, 1.82) is 0 Å². The molecule has 0 N–H and O–H groups in total. The smallest absolute Gasteiger partial charge is 0.302 e. The maximum absolute atomic E-state index is 11.9. The number of aromatic nitrogens is 1. The second-order valence-electron chi connectivity index (χ2n) is 5.04. The normalized spacial score (nSPS) is 19.8. The van der Waals surface area contributed by atoms with Gasteiger partial charge in [0.2, 0.25) is 0 Å². The van der Waals surface area contributed by atoms with Crippen LogP contribution in [-0.4, -0.2) is 25.0 Å². The van der Waals surface area contributed by atoms with Crippen LogP contribution in [0.1, 0.15) is 30.3 Å². The molecule has 1 aromatic rings. The van der Waals surface area contributed by atoms with Crippen LogP contribution in [0, 0.1) is 5.92 Å². The van der Waals surface area contributed by atoms with Gasteiger partial charge >= 0.3 is 4.87 Å². The van der Waals surface area contributed by atoms with Gasteiger partial charge in [-0.3, -0.25) is 4.79 Å². The molecular weight excluding hydrogens is 270 g/mol. The lowest BCUT2D eigenvalue weighted by Crippen LogP contribution is -2.23. The summed E-state index contributed by atoms with van der Waals surface area (Å²) in [6.07, 6.45) is 5.37. The van der Waals surface area contributed by atoms with Crippen LogP contribution in [0.3, 0.4) is 0 Å². The quantitative estimate of drug-likeness (QED) is 0.843. The fourth-order valence-corrected chi connectivity index (χ4v) is 4.14. The molecule has 0 fully saturated rings. The molecule has 0 amide bonds. The van der Waals surface area contributed by atoms with Crippen LogP contribution in [0.15, 0.2) is 4.79 Å². The molecule has 0 aromatic carbocycles. The Morgan fingerprint density at radius 2 is 2.17 bits per heavy atom. The molecule has 18 heavy (non-hydrogen) atoms. The molecule has 1 aromatic heterocycles.